The number of rotatable bonds is 4. The first-order valence-electron chi connectivity index (χ1n) is 6.58. The summed E-state index contributed by atoms with van der Waals surface area (Å²) in [6.07, 6.45) is 1.29. The zero-order valence-electron chi connectivity index (χ0n) is 12.2. The van der Waals surface area contributed by atoms with Crippen molar-refractivity contribution in [3.63, 3.8) is 0 Å². The van der Waals surface area contributed by atoms with E-state index in [1.807, 2.05) is 6.07 Å². The molecule has 0 fully saturated rings. The fraction of sp³-hybridized carbons (Fsp3) is 0.267. The Balaban J connectivity index is 2.65. The summed E-state index contributed by atoms with van der Waals surface area (Å²) in [7, 11) is 1.52. The van der Waals surface area contributed by atoms with E-state index in [9.17, 15) is 9.59 Å². The molecular formula is C15H14BrN3O3. The quantitative estimate of drug-likeness (QED) is 0.828. The summed E-state index contributed by atoms with van der Waals surface area (Å²) in [5.74, 6) is 0.569. The first kappa shape index (κ1) is 16.0. The van der Waals surface area contributed by atoms with Crippen molar-refractivity contribution < 1.29 is 4.74 Å². The van der Waals surface area contributed by atoms with Crippen LogP contribution in [0.5, 0.6) is 5.75 Å². The van der Waals surface area contributed by atoms with Gasteiger partial charge >= 0.3 is 5.69 Å². The summed E-state index contributed by atoms with van der Waals surface area (Å²) in [4.78, 5) is 24.6. The molecule has 0 unspecified atom stereocenters. The molecule has 0 spiro atoms. The number of halogens is 1. The smallest absolute Gasteiger partial charge is 0.331 e. The van der Waals surface area contributed by atoms with E-state index in [1.165, 1.54) is 17.9 Å². The number of methoxy groups -OCH3 is 1. The van der Waals surface area contributed by atoms with E-state index < -0.39 is 11.2 Å². The molecule has 0 saturated heterocycles. The molecule has 0 aliphatic rings. The topological polar surface area (TPSA) is 77.0 Å². The van der Waals surface area contributed by atoms with Crippen LogP contribution in [0, 0.1) is 11.3 Å². The Morgan fingerprint density at radius 1 is 1.36 bits per heavy atom. The highest BCUT2D eigenvalue weighted by atomic mass is 79.9. The van der Waals surface area contributed by atoms with Gasteiger partial charge in [-0.3, -0.25) is 13.9 Å². The maximum atomic E-state index is 12.3. The number of hydrogen-bond acceptors (Lipinski definition) is 4. The third-order valence-corrected chi connectivity index (χ3v) is 3.76. The molecule has 0 saturated carbocycles. The van der Waals surface area contributed by atoms with Crippen LogP contribution in [0.15, 0.2) is 38.5 Å². The SMILES string of the molecule is CCn1cc(C#N)c(=O)n(Cc2cc(Br)ccc2OC)c1=O. The van der Waals surface area contributed by atoms with Crippen molar-refractivity contribution in [2.45, 2.75) is 20.0 Å². The second-order valence-electron chi connectivity index (χ2n) is 4.57. The van der Waals surface area contributed by atoms with Crippen molar-refractivity contribution in [1.82, 2.24) is 9.13 Å². The predicted octanol–water partition coefficient (Wildman–Crippen LogP) is 1.72. The molecular weight excluding hydrogens is 350 g/mol. The molecule has 0 atom stereocenters. The lowest BCUT2D eigenvalue weighted by molar-refractivity contribution is 0.407. The van der Waals surface area contributed by atoms with Gasteiger partial charge in [0.2, 0.25) is 0 Å². The molecule has 0 N–H and O–H groups in total. The number of aromatic nitrogens is 2. The van der Waals surface area contributed by atoms with Crippen LogP contribution >= 0.6 is 15.9 Å². The van der Waals surface area contributed by atoms with E-state index in [1.54, 1.807) is 25.1 Å². The number of aryl methyl sites for hydroxylation is 1. The predicted molar refractivity (Wildman–Crippen MR) is 85.1 cm³/mol. The summed E-state index contributed by atoms with van der Waals surface area (Å²) < 4.78 is 8.45. The van der Waals surface area contributed by atoms with Gasteiger partial charge in [0.15, 0.2) is 0 Å². The van der Waals surface area contributed by atoms with Crippen LogP contribution in [0.1, 0.15) is 18.1 Å². The molecule has 0 bridgehead atoms. The van der Waals surface area contributed by atoms with Crippen LogP contribution in [-0.4, -0.2) is 16.2 Å². The third-order valence-electron chi connectivity index (χ3n) is 3.27. The average Bonchev–Trinajstić information content (AvgIpc) is 2.52. The fourth-order valence-electron chi connectivity index (χ4n) is 2.14. The maximum absolute atomic E-state index is 12.3. The minimum Gasteiger partial charge on any atom is -0.496 e. The van der Waals surface area contributed by atoms with Crippen molar-refractivity contribution in [3.8, 4) is 11.8 Å². The number of benzene rings is 1. The van der Waals surface area contributed by atoms with Gasteiger partial charge in [-0.2, -0.15) is 5.26 Å². The summed E-state index contributed by atoms with van der Waals surface area (Å²) in [5, 5.41) is 9.05. The van der Waals surface area contributed by atoms with Gasteiger partial charge in [-0.05, 0) is 25.1 Å². The van der Waals surface area contributed by atoms with E-state index in [-0.39, 0.29) is 12.1 Å². The van der Waals surface area contributed by atoms with Gasteiger partial charge in [-0.25, -0.2) is 4.79 Å². The molecule has 1 heterocycles. The minimum atomic E-state index is -0.598. The molecule has 0 amide bonds. The standard InChI is InChI=1S/C15H14BrN3O3/c1-3-18-8-11(7-17)14(20)19(15(18)21)9-10-6-12(16)4-5-13(10)22-2/h4-6,8H,3,9H2,1-2H3. The van der Waals surface area contributed by atoms with Crippen LogP contribution in [0.25, 0.3) is 0 Å². The minimum absolute atomic E-state index is 0.0375. The van der Waals surface area contributed by atoms with Gasteiger partial charge in [0.25, 0.3) is 5.56 Å². The Morgan fingerprint density at radius 3 is 2.68 bits per heavy atom. The van der Waals surface area contributed by atoms with Crippen LogP contribution in [0.2, 0.25) is 0 Å². The summed E-state index contributed by atoms with van der Waals surface area (Å²) >= 11 is 3.35. The van der Waals surface area contributed by atoms with E-state index in [4.69, 9.17) is 10.00 Å². The lowest BCUT2D eigenvalue weighted by Gasteiger charge is -2.12. The number of ether oxygens (including phenoxy) is 1. The molecule has 7 heteroatoms. The van der Waals surface area contributed by atoms with Crippen molar-refractivity contribution >= 4 is 15.9 Å². The van der Waals surface area contributed by atoms with Gasteiger partial charge < -0.3 is 4.74 Å². The molecule has 22 heavy (non-hydrogen) atoms. The summed E-state index contributed by atoms with van der Waals surface area (Å²) in [6, 6.07) is 7.16. The molecule has 0 aliphatic carbocycles. The Bertz CT molecular complexity index is 862. The zero-order valence-corrected chi connectivity index (χ0v) is 13.8. The van der Waals surface area contributed by atoms with Crippen LogP contribution < -0.4 is 16.0 Å². The Labute approximate surface area is 135 Å². The lowest BCUT2D eigenvalue weighted by atomic mass is 10.2. The van der Waals surface area contributed by atoms with Gasteiger partial charge in [-0.1, -0.05) is 15.9 Å². The molecule has 1 aromatic heterocycles. The highest BCUT2D eigenvalue weighted by Crippen LogP contribution is 2.23. The second-order valence-corrected chi connectivity index (χ2v) is 5.49. The Kier molecular flexibility index (Phi) is 4.83. The normalized spacial score (nSPS) is 10.3. The van der Waals surface area contributed by atoms with E-state index >= 15 is 0 Å². The molecule has 114 valence electrons. The monoisotopic (exact) mass is 363 g/mol. The highest BCUT2D eigenvalue weighted by Gasteiger charge is 2.13. The molecule has 6 nitrogen and oxygen atoms in total. The molecule has 2 aromatic rings. The van der Waals surface area contributed by atoms with Crippen molar-refractivity contribution in [1.29, 1.82) is 5.26 Å². The lowest BCUT2D eigenvalue weighted by Crippen LogP contribution is -2.41. The van der Waals surface area contributed by atoms with Gasteiger partial charge in [0.05, 0.1) is 13.7 Å². The molecule has 0 aliphatic heterocycles. The number of nitriles is 1. The molecule has 2 rings (SSSR count). The van der Waals surface area contributed by atoms with Crippen LogP contribution in [0.4, 0.5) is 0 Å². The van der Waals surface area contributed by atoms with Crippen molar-refractivity contribution in [2.75, 3.05) is 7.11 Å². The van der Waals surface area contributed by atoms with E-state index in [2.05, 4.69) is 15.9 Å². The van der Waals surface area contributed by atoms with Crippen LogP contribution in [-0.2, 0) is 13.1 Å². The Morgan fingerprint density at radius 2 is 2.09 bits per heavy atom. The van der Waals surface area contributed by atoms with E-state index in [0.29, 0.717) is 17.9 Å². The average molecular weight is 364 g/mol. The highest BCUT2D eigenvalue weighted by molar-refractivity contribution is 9.10. The van der Waals surface area contributed by atoms with E-state index in [0.717, 1.165) is 9.04 Å². The van der Waals surface area contributed by atoms with Crippen LogP contribution in [0.3, 0.4) is 0 Å². The third kappa shape index (κ3) is 2.97. The summed E-state index contributed by atoms with van der Waals surface area (Å²) in [5.41, 5.74) is -0.433. The van der Waals surface area contributed by atoms with Crippen molar-refractivity contribution in [3.05, 3.63) is 60.8 Å². The molecule has 1 aromatic carbocycles. The maximum Gasteiger partial charge on any atom is 0.331 e. The van der Waals surface area contributed by atoms with Gasteiger partial charge in [-0.15, -0.1) is 0 Å². The number of nitrogens with zero attached hydrogens (tertiary/aromatic N) is 3. The number of hydrogen-bond donors (Lipinski definition) is 0. The van der Waals surface area contributed by atoms with Crippen molar-refractivity contribution in [2.24, 2.45) is 0 Å². The first-order chi connectivity index (χ1) is 10.5. The fourth-order valence-corrected chi connectivity index (χ4v) is 2.55. The zero-order chi connectivity index (χ0) is 16.3. The largest absolute Gasteiger partial charge is 0.496 e. The molecule has 0 radical (unpaired) electrons. The van der Waals surface area contributed by atoms with Gasteiger partial charge in [0.1, 0.15) is 17.4 Å². The summed E-state index contributed by atoms with van der Waals surface area (Å²) in [6.45, 7) is 2.19. The second kappa shape index (κ2) is 6.62. The Hall–Kier alpha value is -2.33. The van der Waals surface area contributed by atoms with Gasteiger partial charge in [0, 0.05) is 22.8 Å². The first-order valence-corrected chi connectivity index (χ1v) is 7.38.